The molecule has 0 aliphatic carbocycles. The minimum atomic E-state index is -3.82. The van der Waals surface area contributed by atoms with Crippen LogP contribution < -0.4 is 5.73 Å². The van der Waals surface area contributed by atoms with Gasteiger partial charge in [0.2, 0.25) is 10.0 Å². The molecule has 102 valence electrons. The maximum absolute atomic E-state index is 13.7. The highest BCUT2D eigenvalue weighted by molar-refractivity contribution is 9.10. The summed E-state index contributed by atoms with van der Waals surface area (Å²) in [5, 5.41) is 0. The van der Waals surface area contributed by atoms with Gasteiger partial charge in [0.15, 0.2) is 0 Å². The van der Waals surface area contributed by atoms with E-state index in [0.717, 1.165) is 29.3 Å². The predicted molar refractivity (Wildman–Crippen MR) is 73.2 cm³/mol. The van der Waals surface area contributed by atoms with Crippen LogP contribution in [0.3, 0.4) is 0 Å². The molecule has 1 rings (SSSR count). The van der Waals surface area contributed by atoms with Crippen LogP contribution in [0.5, 0.6) is 0 Å². The highest BCUT2D eigenvalue weighted by Crippen LogP contribution is 2.27. The second-order valence-electron chi connectivity index (χ2n) is 3.98. The molecule has 0 spiro atoms. The Kier molecular flexibility index (Phi) is 5.12. The number of halogens is 2. The van der Waals surface area contributed by atoms with E-state index in [0.29, 0.717) is 11.0 Å². The van der Waals surface area contributed by atoms with Crippen LogP contribution in [-0.2, 0) is 10.0 Å². The Hall–Kier alpha value is -0.660. The standard InChI is InChI=1S/C11H16BrFN2O2S/c1-3-4-5-15(2)18(16,17)11-7-10(14)8(12)6-9(11)13/h6-7H,3-5,14H2,1-2H3. The molecule has 0 fully saturated rings. The van der Waals surface area contributed by atoms with Gasteiger partial charge in [-0.05, 0) is 34.5 Å². The fraction of sp³-hybridized carbons (Fsp3) is 0.455. The van der Waals surface area contributed by atoms with Gasteiger partial charge in [-0.15, -0.1) is 0 Å². The summed E-state index contributed by atoms with van der Waals surface area (Å²) < 4.78 is 39.5. The summed E-state index contributed by atoms with van der Waals surface area (Å²) in [6.45, 7) is 2.31. The molecular weight excluding hydrogens is 323 g/mol. The predicted octanol–water partition coefficient (Wildman–Crippen LogP) is 2.59. The number of anilines is 1. The summed E-state index contributed by atoms with van der Waals surface area (Å²) in [5.41, 5.74) is 5.78. The molecule has 7 heteroatoms. The van der Waals surface area contributed by atoms with Gasteiger partial charge in [-0.25, -0.2) is 17.1 Å². The van der Waals surface area contributed by atoms with Crippen LogP contribution in [0.2, 0.25) is 0 Å². The van der Waals surface area contributed by atoms with Crippen LogP contribution in [-0.4, -0.2) is 26.3 Å². The van der Waals surface area contributed by atoms with E-state index in [1.165, 1.54) is 7.05 Å². The summed E-state index contributed by atoms with van der Waals surface area (Å²) >= 11 is 3.05. The van der Waals surface area contributed by atoms with Crippen molar-refractivity contribution in [2.45, 2.75) is 24.7 Å². The zero-order chi connectivity index (χ0) is 13.9. The van der Waals surface area contributed by atoms with Crippen LogP contribution in [0.1, 0.15) is 19.8 Å². The molecule has 0 aromatic heterocycles. The minimum absolute atomic E-state index is 0.193. The lowest BCUT2D eigenvalue weighted by atomic mass is 10.3. The van der Waals surface area contributed by atoms with Crippen LogP contribution >= 0.6 is 15.9 Å². The summed E-state index contributed by atoms with van der Waals surface area (Å²) in [7, 11) is -2.39. The molecule has 18 heavy (non-hydrogen) atoms. The second kappa shape index (κ2) is 5.99. The molecule has 0 aliphatic heterocycles. The van der Waals surface area contributed by atoms with E-state index >= 15 is 0 Å². The topological polar surface area (TPSA) is 63.4 Å². The summed E-state index contributed by atoms with van der Waals surface area (Å²) in [5.74, 6) is -0.806. The number of hydrogen-bond donors (Lipinski definition) is 1. The molecule has 0 amide bonds. The fourth-order valence-electron chi connectivity index (χ4n) is 1.41. The smallest absolute Gasteiger partial charge is 0.245 e. The third-order valence-electron chi connectivity index (χ3n) is 2.57. The SMILES string of the molecule is CCCCN(C)S(=O)(=O)c1cc(N)c(Br)cc1F. The Balaban J connectivity index is 3.16. The van der Waals surface area contributed by atoms with E-state index in [4.69, 9.17) is 5.73 Å². The first-order valence-electron chi connectivity index (χ1n) is 5.51. The largest absolute Gasteiger partial charge is 0.398 e. The molecule has 1 aromatic rings. The number of nitrogens with zero attached hydrogens (tertiary/aromatic N) is 1. The van der Waals surface area contributed by atoms with Crippen LogP contribution in [0.25, 0.3) is 0 Å². The third kappa shape index (κ3) is 3.21. The average molecular weight is 339 g/mol. The molecule has 0 atom stereocenters. The Morgan fingerprint density at radius 1 is 1.44 bits per heavy atom. The van der Waals surface area contributed by atoms with Crippen molar-refractivity contribution in [3.8, 4) is 0 Å². The van der Waals surface area contributed by atoms with Gasteiger partial charge in [-0.1, -0.05) is 13.3 Å². The van der Waals surface area contributed by atoms with Crippen LogP contribution in [0.15, 0.2) is 21.5 Å². The van der Waals surface area contributed by atoms with E-state index < -0.39 is 15.8 Å². The van der Waals surface area contributed by atoms with Gasteiger partial charge in [-0.2, -0.15) is 0 Å². The van der Waals surface area contributed by atoms with Gasteiger partial charge in [0, 0.05) is 23.8 Å². The van der Waals surface area contributed by atoms with Gasteiger partial charge >= 0.3 is 0 Å². The Morgan fingerprint density at radius 2 is 2.06 bits per heavy atom. The van der Waals surface area contributed by atoms with Crippen molar-refractivity contribution in [2.24, 2.45) is 0 Å². The molecule has 0 bridgehead atoms. The van der Waals surface area contributed by atoms with E-state index in [-0.39, 0.29) is 10.6 Å². The lowest BCUT2D eigenvalue weighted by Crippen LogP contribution is -2.28. The van der Waals surface area contributed by atoms with E-state index in [1.807, 2.05) is 6.92 Å². The number of rotatable bonds is 5. The molecule has 1 aromatic carbocycles. The van der Waals surface area contributed by atoms with Crippen molar-refractivity contribution < 1.29 is 12.8 Å². The molecule has 0 radical (unpaired) electrons. The van der Waals surface area contributed by atoms with Gasteiger partial charge < -0.3 is 5.73 Å². The molecule has 0 heterocycles. The number of sulfonamides is 1. The number of nitrogen functional groups attached to an aromatic ring is 1. The number of unbranched alkanes of at least 4 members (excludes halogenated alkanes) is 1. The average Bonchev–Trinajstić information content (AvgIpc) is 2.30. The fourth-order valence-corrected chi connectivity index (χ4v) is 3.01. The van der Waals surface area contributed by atoms with E-state index in [9.17, 15) is 12.8 Å². The Labute approximate surface area is 115 Å². The maximum Gasteiger partial charge on any atom is 0.245 e. The molecule has 0 unspecified atom stereocenters. The maximum atomic E-state index is 13.7. The summed E-state index contributed by atoms with van der Waals surface area (Å²) in [6, 6.07) is 2.20. The Bertz CT molecular complexity index is 534. The van der Waals surface area contributed by atoms with Crippen molar-refractivity contribution in [3.63, 3.8) is 0 Å². The zero-order valence-electron chi connectivity index (χ0n) is 10.3. The van der Waals surface area contributed by atoms with Gasteiger partial charge in [0.1, 0.15) is 10.7 Å². The van der Waals surface area contributed by atoms with Crippen molar-refractivity contribution in [2.75, 3.05) is 19.3 Å². The quantitative estimate of drug-likeness (QED) is 0.839. The molecule has 0 saturated carbocycles. The third-order valence-corrected chi connectivity index (χ3v) is 5.12. The summed E-state index contributed by atoms with van der Waals surface area (Å²) in [4.78, 5) is -0.387. The van der Waals surface area contributed by atoms with Crippen molar-refractivity contribution in [1.82, 2.24) is 4.31 Å². The summed E-state index contributed by atoms with van der Waals surface area (Å²) in [6.07, 6.45) is 1.59. The van der Waals surface area contributed by atoms with Crippen molar-refractivity contribution >= 4 is 31.6 Å². The number of hydrogen-bond acceptors (Lipinski definition) is 3. The van der Waals surface area contributed by atoms with E-state index in [2.05, 4.69) is 15.9 Å². The first kappa shape index (κ1) is 15.4. The van der Waals surface area contributed by atoms with Gasteiger partial charge in [0.25, 0.3) is 0 Å². The second-order valence-corrected chi connectivity index (χ2v) is 6.85. The first-order valence-corrected chi connectivity index (χ1v) is 7.74. The van der Waals surface area contributed by atoms with E-state index in [1.54, 1.807) is 0 Å². The monoisotopic (exact) mass is 338 g/mol. The van der Waals surface area contributed by atoms with Crippen molar-refractivity contribution in [1.29, 1.82) is 0 Å². The molecule has 2 N–H and O–H groups in total. The Morgan fingerprint density at radius 3 is 2.61 bits per heavy atom. The van der Waals surface area contributed by atoms with Gasteiger partial charge in [-0.3, -0.25) is 0 Å². The lowest BCUT2D eigenvalue weighted by Gasteiger charge is -2.17. The molecule has 0 aliphatic rings. The first-order chi connectivity index (χ1) is 8.30. The molecular formula is C11H16BrFN2O2S. The zero-order valence-corrected chi connectivity index (χ0v) is 12.7. The molecule has 4 nitrogen and oxygen atoms in total. The number of benzene rings is 1. The van der Waals surface area contributed by atoms with Crippen LogP contribution in [0, 0.1) is 5.82 Å². The lowest BCUT2D eigenvalue weighted by molar-refractivity contribution is 0.453. The highest BCUT2D eigenvalue weighted by atomic mass is 79.9. The van der Waals surface area contributed by atoms with Gasteiger partial charge in [0.05, 0.1) is 0 Å². The number of nitrogens with two attached hydrogens (primary N) is 1. The molecule has 0 saturated heterocycles. The van der Waals surface area contributed by atoms with Crippen molar-refractivity contribution in [3.05, 3.63) is 22.4 Å². The van der Waals surface area contributed by atoms with Crippen LogP contribution in [0.4, 0.5) is 10.1 Å². The highest BCUT2D eigenvalue weighted by Gasteiger charge is 2.25. The minimum Gasteiger partial charge on any atom is -0.398 e. The normalized spacial score (nSPS) is 12.1.